The minimum atomic E-state index is -4.01. The maximum Gasteiger partial charge on any atom is 0.393 e. The standard InChI is InChI=1S/C6H10F3N.U.H2/c1-4-5(2-3-10-4)6(7,8)9;;/h4-5,10H,2-3H2,1H3;;1H. The summed E-state index contributed by atoms with van der Waals surface area (Å²) in [6.07, 6.45) is -3.78. The molecule has 66 valence electrons. The first-order valence-electron chi connectivity index (χ1n) is 3.32. The Balaban J connectivity index is 0. The van der Waals surface area contributed by atoms with E-state index >= 15 is 0 Å². The predicted molar refractivity (Wildman–Crippen MR) is 33.7 cm³/mol. The molecule has 0 aromatic rings. The average molecular weight is 393 g/mol. The molecule has 2 unspecified atom stereocenters. The molecule has 0 amide bonds. The van der Waals surface area contributed by atoms with Gasteiger partial charge in [-0.15, -0.1) is 0 Å². The molecule has 1 aliphatic heterocycles. The van der Waals surface area contributed by atoms with E-state index in [0.29, 0.717) is 6.54 Å². The van der Waals surface area contributed by atoms with Crippen molar-refractivity contribution in [3.05, 3.63) is 0 Å². The summed E-state index contributed by atoms with van der Waals surface area (Å²) in [6.45, 7) is 2.07. The van der Waals surface area contributed by atoms with Gasteiger partial charge in [-0.25, -0.2) is 0 Å². The van der Waals surface area contributed by atoms with Crippen molar-refractivity contribution in [2.45, 2.75) is 25.6 Å². The van der Waals surface area contributed by atoms with Gasteiger partial charge in [0, 0.05) is 38.6 Å². The summed E-state index contributed by atoms with van der Waals surface area (Å²) < 4.78 is 35.9. The summed E-state index contributed by atoms with van der Waals surface area (Å²) in [5, 5.41) is 2.76. The van der Waals surface area contributed by atoms with Crippen LogP contribution in [0.1, 0.15) is 14.8 Å². The van der Waals surface area contributed by atoms with Crippen molar-refractivity contribution in [3.8, 4) is 0 Å². The molecule has 1 heterocycles. The SMILES string of the molecule is CC1NCCC1C(F)(F)F.[HH].[U]. The minimum Gasteiger partial charge on any atom is -0.314 e. The summed E-state index contributed by atoms with van der Waals surface area (Å²) >= 11 is 0. The Morgan fingerprint density at radius 3 is 2.18 bits per heavy atom. The van der Waals surface area contributed by atoms with Crippen molar-refractivity contribution < 1.29 is 45.7 Å². The van der Waals surface area contributed by atoms with Crippen LogP contribution in [-0.4, -0.2) is 18.8 Å². The quantitative estimate of drug-likeness (QED) is 0.662. The van der Waals surface area contributed by atoms with Gasteiger partial charge in [0.2, 0.25) is 0 Å². The van der Waals surface area contributed by atoms with Gasteiger partial charge in [0.05, 0.1) is 5.92 Å². The van der Waals surface area contributed by atoms with Crippen LogP contribution in [-0.2, 0) is 0 Å². The van der Waals surface area contributed by atoms with Crippen LogP contribution in [0.25, 0.3) is 0 Å². The van der Waals surface area contributed by atoms with Gasteiger partial charge in [-0.3, -0.25) is 0 Å². The Morgan fingerprint density at radius 2 is 2.00 bits per heavy atom. The molecule has 0 saturated carbocycles. The summed E-state index contributed by atoms with van der Waals surface area (Å²) in [4.78, 5) is 0. The fraction of sp³-hybridized carbons (Fsp3) is 1.00. The molecule has 11 heavy (non-hydrogen) atoms. The third-order valence-electron chi connectivity index (χ3n) is 1.95. The van der Waals surface area contributed by atoms with E-state index in [0.717, 1.165) is 0 Å². The molecule has 0 spiro atoms. The topological polar surface area (TPSA) is 12.0 Å². The first-order chi connectivity index (χ1) is 4.52. The van der Waals surface area contributed by atoms with Crippen LogP contribution >= 0.6 is 0 Å². The van der Waals surface area contributed by atoms with Crippen LogP contribution in [0.2, 0.25) is 0 Å². The van der Waals surface area contributed by atoms with E-state index in [4.69, 9.17) is 0 Å². The number of hydrogen-bond donors (Lipinski definition) is 1. The molecule has 0 aliphatic carbocycles. The van der Waals surface area contributed by atoms with Crippen LogP contribution in [0.5, 0.6) is 0 Å². The normalized spacial score (nSPS) is 31.6. The predicted octanol–water partition coefficient (Wildman–Crippen LogP) is 1.79. The third-order valence-corrected chi connectivity index (χ3v) is 1.95. The number of rotatable bonds is 0. The van der Waals surface area contributed by atoms with Crippen LogP contribution < -0.4 is 5.32 Å². The summed E-state index contributed by atoms with van der Waals surface area (Å²) in [5.41, 5.74) is 0. The van der Waals surface area contributed by atoms with Crippen molar-refractivity contribution in [3.63, 3.8) is 0 Å². The second kappa shape index (κ2) is 4.16. The zero-order valence-corrected chi connectivity index (χ0v) is 10.4. The van der Waals surface area contributed by atoms with Crippen molar-refractivity contribution in [1.82, 2.24) is 5.32 Å². The Kier molecular flexibility index (Phi) is 4.46. The van der Waals surface area contributed by atoms with Gasteiger partial charge in [-0.2, -0.15) is 13.2 Å². The Bertz CT molecular complexity index is 130. The summed E-state index contributed by atoms with van der Waals surface area (Å²) in [5.74, 6) is -1.13. The van der Waals surface area contributed by atoms with Gasteiger partial charge in [-0.1, -0.05) is 0 Å². The third kappa shape index (κ3) is 2.96. The smallest absolute Gasteiger partial charge is 0.314 e. The molecular formula is C6H12F3NU. The molecular weight excluding hydrogens is 381 g/mol. The zero-order chi connectivity index (χ0) is 7.78. The Hall–Kier alpha value is 0.802. The largest absolute Gasteiger partial charge is 0.393 e. The maximum atomic E-state index is 12.0. The summed E-state index contributed by atoms with van der Waals surface area (Å²) in [7, 11) is 0. The molecule has 1 saturated heterocycles. The molecule has 2 atom stereocenters. The van der Waals surface area contributed by atoms with Gasteiger partial charge in [0.1, 0.15) is 0 Å². The monoisotopic (exact) mass is 393 g/mol. The van der Waals surface area contributed by atoms with Gasteiger partial charge < -0.3 is 5.32 Å². The molecule has 0 aromatic carbocycles. The van der Waals surface area contributed by atoms with Gasteiger partial charge in [0.15, 0.2) is 0 Å². The molecule has 5 heteroatoms. The summed E-state index contributed by atoms with van der Waals surface area (Å²) in [6, 6.07) is -0.403. The van der Waals surface area contributed by atoms with Crippen molar-refractivity contribution >= 4 is 0 Å². The van der Waals surface area contributed by atoms with E-state index < -0.39 is 18.1 Å². The van der Waals surface area contributed by atoms with E-state index in [9.17, 15) is 13.2 Å². The average Bonchev–Trinajstić information content (AvgIpc) is 2.11. The molecule has 1 N–H and O–H groups in total. The van der Waals surface area contributed by atoms with E-state index in [1.165, 1.54) is 0 Å². The first kappa shape index (κ1) is 11.8. The van der Waals surface area contributed by atoms with Crippen molar-refractivity contribution in [2.75, 3.05) is 6.54 Å². The molecule has 0 aromatic heterocycles. The van der Waals surface area contributed by atoms with Crippen LogP contribution in [0.4, 0.5) is 13.2 Å². The molecule has 1 nitrogen and oxygen atoms in total. The molecule has 1 aliphatic rings. The maximum absolute atomic E-state index is 12.0. The Labute approximate surface area is 89.0 Å². The second-order valence-corrected chi connectivity index (χ2v) is 2.68. The zero-order valence-electron chi connectivity index (χ0n) is 6.20. The minimum absolute atomic E-state index is 0. The van der Waals surface area contributed by atoms with Gasteiger partial charge in [0.25, 0.3) is 0 Å². The fourth-order valence-corrected chi connectivity index (χ4v) is 1.31. The number of alkyl halides is 3. The van der Waals surface area contributed by atoms with E-state index in [2.05, 4.69) is 5.32 Å². The van der Waals surface area contributed by atoms with E-state index in [1.54, 1.807) is 6.92 Å². The van der Waals surface area contributed by atoms with Crippen LogP contribution in [0.3, 0.4) is 0 Å². The number of nitrogens with one attached hydrogen (secondary N) is 1. The molecule has 1 fully saturated rings. The van der Waals surface area contributed by atoms with Gasteiger partial charge in [-0.05, 0) is 19.9 Å². The van der Waals surface area contributed by atoms with Gasteiger partial charge >= 0.3 is 6.18 Å². The first-order valence-corrected chi connectivity index (χ1v) is 3.32. The Morgan fingerprint density at radius 1 is 1.45 bits per heavy atom. The molecule has 1 rings (SSSR count). The molecule has 0 bridgehead atoms. The fourth-order valence-electron chi connectivity index (χ4n) is 1.31. The van der Waals surface area contributed by atoms with E-state index in [1.807, 2.05) is 0 Å². The second-order valence-electron chi connectivity index (χ2n) is 2.68. The number of hydrogen-bond acceptors (Lipinski definition) is 1. The van der Waals surface area contributed by atoms with Crippen molar-refractivity contribution in [2.24, 2.45) is 5.92 Å². The molecule has 0 radical (unpaired) electrons. The van der Waals surface area contributed by atoms with Crippen molar-refractivity contribution in [1.29, 1.82) is 0 Å². The number of halogens is 3. The van der Waals surface area contributed by atoms with Crippen LogP contribution in [0.15, 0.2) is 0 Å². The van der Waals surface area contributed by atoms with Crippen LogP contribution in [0, 0.1) is 37.0 Å². The van der Waals surface area contributed by atoms with E-state index in [-0.39, 0.29) is 39.0 Å².